The average Bonchev–Trinajstić information content (AvgIpc) is 2.50. The molecule has 0 radical (unpaired) electrons. The van der Waals surface area contributed by atoms with Gasteiger partial charge in [0.05, 0.1) is 12.2 Å². The van der Waals surface area contributed by atoms with Gasteiger partial charge in [0, 0.05) is 31.8 Å². The minimum Gasteiger partial charge on any atom is -0.393 e. The quantitative estimate of drug-likeness (QED) is 0.712. The van der Waals surface area contributed by atoms with Crippen LogP contribution in [0.4, 0.5) is 0 Å². The molecule has 2 aliphatic rings. The van der Waals surface area contributed by atoms with Crippen LogP contribution in [0.1, 0.15) is 32.6 Å². The molecule has 0 spiro atoms. The fourth-order valence-corrected chi connectivity index (χ4v) is 3.21. The van der Waals surface area contributed by atoms with Gasteiger partial charge in [0.25, 0.3) is 0 Å². The van der Waals surface area contributed by atoms with Crippen LogP contribution in [0.25, 0.3) is 0 Å². The molecule has 94 valence electrons. The first kappa shape index (κ1) is 12.3. The number of nitrogens with two attached hydrogens (primary N) is 1. The maximum Gasteiger partial charge on any atom is 0.0823 e. The first-order valence-corrected chi connectivity index (χ1v) is 6.50. The van der Waals surface area contributed by atoms with E-state index in [0.717, 1.165) is 26.0 Å². The van der Waals surface area contributed by atoms with E-state index in [1.165, 1.54) is 12.8 Å². The molecule has 2 aliphatic heterocycles. The van der Waals surface area contributed by atoms with Gasteiger partial charge in [0.1, 0.15) is 0 Å². The molecule has 0 amide bonds. The average molecular weight is 228 g/mol. The summed E-state index contributed by atoms with van der Waals surface area (Å²) in [7, 11) is 0. The maximum atomic E-state index is 9.72. The van der Waals surface area contributed by atoms with Crippen molar-refractivity contribution in [1.29, 1.82) is 0 Å². The number of aliphatic hydroxyl groups is 1. The first-order chi connectivity index (χ1) is 7.74. The number of hydrogen-bond donors (Lipinski definition) is 2. The second kappa shape index (κ2) is 5.45. The van der Waals surface area contributed by atoms with Crippen LogP contribution < -0.4 is 5.73 Å². The SMILES string of the molecule is CCOC(CN)CN1C2CCC1CC(O)C2. The Morgan fingerprint density at radius 2 is 2.00 bits per heavy atom. The summed E-state index contributed by atoms with van der Waals surface area (Å²) in [5.41, 5.74) is 5.71. The third-order valence-corrected chi connectivity index (χ3v) is 3.94. The van der Waals surface area contributed by atoms with Gasteiger partial charge in [-0.2, -0.15) is 0 Å². The first-order valence-electron chi connectivity index (χ1n) is 6.50. The topological polar surface area (TPSA) is 58.7 Å². The van der Waals surface area contributed by atoms with Crippen molar-refractivity contribution >= 4 is 0 Å². The fourth-order valence-electron chi connectivity index (χ4n) is 3.21. The van der Waals surface area contributed by atoms with E-state index in [0.29, 0.717) is 18.6 Å². The van der Waals surface area contributed by atoms with Gasteiger partial charge in [0.2, 0.25) is 0 Å². The molecule has 16 heavy (non-hydrogen) atoms. The lowest BCUT2D eigenvalue weighted by atomic mass is 9.99. The predicted octanol–water partition coefficient (Wildman–Crippen LogP) is 0.338. The van der Waals surface area contributed by atoms with Crippen LogP contribution in [0.5, 0.6) is 0 Å². The fraction of sp³-hybridized carbons (Fsp3) is 1.00. The summed E-state index contributed by atoms with van der Waals surface area (Å²) < 4.78 is 5.62. The van der Waals surface area contributed by atoms with E-state index in [1.807, 2.05) is 6.92 Å². The van der Waals surface area contributed by atoms with Crippen molar-refractivity contribution < 1.29 is 9.84 Å². The van der Waals surface area contributed by atoms with Crippen LogP contribution in [-0.2, 0) is 4.74 Å². The van der Waals surface area contributed by atoms with Gasteiger partial charge in [-0.25, -0.2) is 0 Å². The van der Waals surface area contributed by atoms with Gasteiger partial charge in [-0.1, -0.05) is 0 Å². The van der Waals surface area contributed by atoms with Crippen LogP contribution in [0.2, 0.25) is 0 Å². The Morgan fingerprint density at radius 1 is 1.38 bits per heavy atom. The van der Waals surface area contributed by atoms with Gasteiger partial charge in [0.15, 0.2) is 0 Å². The number of ether oxygens (including phenoxy) is 1. The molecule has 3 unspecified atom stereocenters. The summed E-state index contributed by atoms with van der Waals surface area (Å²) in [6, 6.07) is 1.12. The standard InChI is InChI=1S/C12H24N2O2/c1-2-16-12(7-13)8-14-9-3-4-10(14)6-11(15)5-9/h9-12,15H,2-8,13H2,1H3. The van der Waals surface area contributed by atoms with E-state index in [4.69, 9.17) is 10.5 Å². The smallest absolute Gasteiger partial charge is 0.0823 e. The third-order valence-electron chi connectivity index (χ3n) is 3.94. The van der Waals surface area contributed by atoms with Crippen molar-refractivity contribution in [2.45, 2.75) is 56.9 Å². The molecule has 0 aromatic carbocycles. The highest BCUT2D eigenvalue weighted by molar-refractivity contribution is 4.96. The summed E-state index contributed by atoms with van der Waals surface area (Å²) in [6.07, 6.45) is 4.39. The number of hydrogen-bond acceptors (Lipinski definition) is 4. The van der Waals surface area contributed by atoms with E-state index >= 15 is 0 Å². The Labute approximate surface area is 97.7 Å². The molecule has 0 aliphatic carbocycles. The van der Waals surface area contributed by atoms with Gasteiger partial charge in [-0.3, -0.25) is 4.90 Å². The van der Waals surface area contributed by atoms with Crippen LogP contribution in [0, 0.1) is 0 Å². The normalized spacial score (nSPS) is 36.6. The van der Waals surface area contributed by atoms with Crippen molar-refractivity contribution in [1.82, 2.24) is 4.90 Å². The molecule has 3 atom stereocenters. The van der Waals surface area contributed by atoms with E-state index in [1.54, 1.807) is 0 Å². The predicted molar refractivity (Wildman–Crippen MR) is 63.2 cm³/mol. The van der Waals surface area contributed by atoms with E-state index in [2.05, 4.69) is 4.90 Å². The molecule has 2 fully saturated rings. The number of piperidine rings is 1. The molecule has 2 bridgehead atoms. The number of rotatable bonds is 5. The van der Waals surface area contributed by atoms with Gasteiger partial charge in [-0.05, 0) is 32.6 Å². The molecule has 0 aromatic heterocycles. The molecule has 4 heteroatoms. The number of nitrogens with zero attached hydrogens (tertiary/aromatic N) is 1. The van der Waals surface area contributed by atoms with Crippen LogP contribution >= 0.6 is 0 Å². The summed E-state index contributed by atoms with van der Waals surface area (Å²) >= 11 is 0. The second-order valence-electron chi connectivity index (χ2n) is 5.02. The minimum absolute atomic E-state index is 0.0860. The molecule has 2 saturated heterocycles. The minimum atomic E-state index is -0.0860. The zero-order valence-electron chi connectivity index (χ0n) is 10.1. The number of fused-ring (bicyclic) bond motifs is 2. The van der Waals surface area contributed by atoms with Crippen molar-refractivity contribution in [3.63, 3.8) is 0 Å². The maximum absolute atomic E-state index is 9.72. The highest BCUT2D eigenvalue weighted by Crippen LogP contribution is 2.35. The molecule has 0 saturated carbocycles. The lowest BCUT2D eigenvalue weighted by Crippen LogP contribution is -2.49. The van der Waals surface area contributed by atoms with Crippen molar-refractivity contribution in [3.8, 4) is 0 Å². The van der Waals surface area contributed by atoms with E-state index in [-0.39, 0.29) is 12.2 Å². The van der Waals surface area contributed by atoms with Gasteiger partial charge in [-0.15, -0.1) is 0 Å². The molecule has 2 heterocycles. The van der Waals surface area contributed by atoms with Crippen LogP contribution in [-0.4, -0.2) is 54.0 Å². The Hall–Kier alpha value is -0.160. The summed E-state index contributed by atoms with van der Waals surface area (Å²) in [5, 5.41) is 9.72. The molecule has 2 rings (SSSR count). The van der Waals surface area contributed by atoms with Crippen molar-refractivity contribution in [2.75, 3.05) is 19.7 Å². The monoisotopic (exact) mass is 228 g/mol. The zero-order chi connectivity index (χ0) is 11.5. The highest BCUT2D eigenvalue weighted by atomic mass is 16.5. The lowest BCUT2D eigenvalue weighted by Gasteiger charge is -2.38. The Bertz CT molecular complexity index is 211. The highest BCUT2D eigenvalue weighted by Gasteiger charge is 2.40. The van der Waals surface area contributed by atoms with Crippen molar-refractivity contribution in [2.24, 2.45) is 5.73 Å². The summed E-state index contributed by atoms with van der Waals surface area (Å²) in [6.45, 7) is 4.27. The Morgan fingerprint density at radius 3 is 2.50 bits per heavy atom. The molecule has 4 nitrogen and oxygen atoms in total. The van der Waals surface area contributed by atoms with Crippen LogP contribution in [0.15, 0.2) is 0 Å². The molecule has 3 N–H and O–H groups in total. The Kier molecular flexibility index (Phi) is 4.19. The van der Waals surface area contributed by atoms with Gasteiger partial charge >= 0.3 is 0 Å². The van der Waals surface area contributed by atoms with Crippen molar-refractivity contribution in [3.05, 3.63) is 0 Å². The number of aliphatic hydroxyl groups excluding tert-OH is 1. The Balaban J connectivity index is 1.90. The largest absolute Gasteiger partial charge is 0.393 e. The molecular weight excluding hydrogens is 204 g/mol. The van der Waals surface area contributed by atoms with Crippen LogP contribution in [0.3, 0.4) is 0 Å². The van der Waals surface area contributed by atoms with E-state index < -0.39 is 0 Å². The third kappa shape index (κ3) is 2.56. The molecule has 0 aromatic rings. The lowest BCUT2D eigenvalue weighted by molar-refractivity contribution is -0.0125. The summed E-state index contributed by atoms with van der Waals surface area (Å²) in [5.74, 6) is 0. The second-order valence-corrected chi connectivity index (χ2v) is 5.02. The molecular formula is C12H24N2O2. The van der Waals surface area contributed by atoms with E-state index in [9.17, 15) is 5.11 Å². The van der Waals surface area contributed by atoms with Gasteiger partial charge < -0.3 is 15.6 Å². The zero-order valence-corrected chi connectivity index (χ0v) is 10.1. The summed E-state index contributed by atoms with van der Waals surface area (Å²) in [4.78, 5) is 2.51.